The van der Waals surface area contributed by atoms with E-state index in [1.54, 1.807) is 12.1 Å². The number of halogens is 1. The smallest absolute Gasteiger partial charge is 0.262 e. The third-order valence-electron chi connectivity index (χ3n) is 3.57. The fourth-order valence-electron chi connectivity index (χ4n) is 2.25. The topological polar surface area (TPSA) is 47.6 Å². The van der Waals surface area contributed by atoms with Crippen molar-refractivity contribution < 1.29 is 18.7 Å². The van der Waals surface area contributed by atoms with E-state index < -0.39 is 0 Å². The van der Waals surface area contributed by atoms with Gasteiger partial charge < -0.3 is 14.8 Å². The van der Waals surface area contributed by atoms with E-state index in [-0.39, 0.29) is 18.3 Å². The number of amides is 1. The molecule has 0 saturated carbocycles. The number of hydrogen-bond donors (Lipinski definition) is 1. The van der Waals surface area contributed by atoms with Crippen LogP contribution in [0.25, 0.3) is 0 Å². The summed E-state index contributed by atoms with van der Waals surface area (Å²) in [5, 5.41) is 2.65. The number of anilines is 1. The zero-order valence-electron chi connectivity index (χ0n) is 14.5. The van der Waals surface area contributed by atoms with Crippen molar-refractivity contribution in [2.24, 2.45) is 0 Å². The molecule has 0 atom stereocenters. The van der Waals surface area contributed by atoms with E-state index in [0.717, 1.165) is 18.6 Å². The monoisotopic (exact) mass is 345 g/mol. The van der Waals surface area contributed by atoms with Crippen LogP contribution in [-0.2, 0) is 4.79 Å². The lowest BCUT2D eigenvalue weighted by molar-refractivity contribution is -0.118. The molecule has 0 aliphatic heterocycles. The maximum Gasteiger partial charge on any atom is 0.262 e. The van der Waals surface area contributed by atoms with Gasteiger partial charge in [-0.3, -0.25) is 4.79 Å². The molecule has 0 fully saturated rings. The number of carbonyl (C=O) groups is 1. The first kappa shape index (κ1) is 18.8. The molecular weight excluding hydrogens is 321 g/mol. The van der Waals surface area contributed by atoms with E-state index >= 15 is 0 Å². The molecular formula is C20H24FNO3. The van der Waals surface area contributed by atoms with Crippen molar-refractivity contribution in [1.82, 2.24) is 0 Å². The van der Waals surface area contributed by atoms with Gasteiger partial charge in [0, 0.05) is 11.8 Å². The largest absolute Gasteiger partial charge is 0.493 e. The summed E-state index contributed by atoms with van der Waals surface area (Å²) in [5.41, 5.74) is 0.527. The van der Waals surface area contributed by atoms with Crippen molar-refractivity contribution in [3.63, 3.8) is 0 Å². The van der Waals surface area contributed by atoms with Gasteiger partial charge in [-0.1, -0.05) is 32.3 Å². The fraction of sp³-hybridized carbons (Fsp3) is 0.350. The molecule has 25 heavy (non-hydrogen) atoms. The highest BCUT2D eigenvalue weighted by molar-refractivity contribution is 5.91. The van der Waals surface area contributed by atoms with Gasteiger partial charge in [0.05, 0.1) is 6.61 Å². The average Bonchev–Trinajstić information content (AvgIpc) is 2.62. The molecule has 0 radical (unpaired) electrons. The summed E-state index contributed by atoms with van der Waals surface area (Å²) in [6, 6.07) is 12.8. The van der Waals surface area contributed by atoms with Crippen LogP contribution in [0.4, 0.5) is 10.1 Å². The van der Waals surface area contributed by atoms with E-state index in [9.17, 15) is 9.18 Å². The van der Waals surface area contributed by atoms with E-state index in [1.165, 1.54) is 37.1 Å². The number of carbonyl (C=O) groups excluding carboxylic acids is 1. The van der Waals surface area contributed by atoms with Gasteiger partial charge in [-0.2, -0.15) is 0 Å². The lowest BCUT2D eigenvalue weighted by Crippen LogP contribution is -2.20. The Morgan fingerprint density at radius 2 is 1.72 bits per heavy atom. The third-order valence-corrected chi connectivity index (χ3v) is 3.57. The Labute approximate surface area is 148 Å². The normalized spacial score (nSPS) is 10.3. The van der Waals surface area contributed by atoms with Crippen LogP contribution in [0.5, 0.6) is 11.5 Å². The average molecular weight is 345 g/mol. The first-order valence-electron chi connectivity index (χ1n) is 8.58. The summed E-state index contributed by atoms with van der Waals surface area (Å²) < 4.78 is 24.0. The van der Waals surface area contributed by atoms with Crippen molar-refractivity contribution >= 4 is 11.6 Å². The van der Waals surface area contributed by atoms with E-state index in [2.05, 4.69) is 12.2 Å². The molecule has 0 aromatic heterocycles. The maximum absolute atomic E-state index is 12.8. The van der Waals surface area contributed by atoms with Crippen LogP contribution in [0.2, 0.25) is 0 Å². The maximum atomic E-state index is 12.8. The van der Waals surface area contributed by atoms with Crippen LogP contribution < -0.4 is 14.8 Å². The first-order chi connectivity index (χ1) is 12.2. The third kappa shape index (κ3) is 7.25. The molecule has 134 valence electrons. The molecule has 0 spiro atoms. The van der Waals surface area contributed by atoms with Crippen molar-refractivity contribution in [2.75, 3.05) is 18.5 Å². The second kappa shape index (κ2) is 10.3. The second-order valence-electron chi connectivity index (χ2n) is 5.73. The summed E-state index contributed by atoms with van der Waals surface area (Å²) in [7, 11) is 0. The van der Waals surface area contributed by atoms with Crippen molar-refractivity contribution in [3.05, 3.63) is 54.3 Å². The van der Waals surface area contributed by atoms with E-state index in [0.29, 0.717) is 18.0 Å². The summed E-state index contributed by atoms with van der Waals surface area (Å²) in [5.74, 6) is 0.645. The number of ether oxygens (including phenoxy) is 2. The quantitative estimate of drug-likeness (QED) is 0.629. The van der Waals surface area contributed by atoms with Crippen LogP contribution in [0.15, 0.2) is 48.5 Å². The molecule has 5 heteroatoms. The Hall–Kier alpha value is -2.56. The second-order valence-corrected chi connectivity index (χ2v) is 5.73. The molecule has 4 nitrogen and oxygen atoms in total. The molecule has 0 bridgehead atoms. The SMILES string of the molecule is CCCCCCOc1cccc(OCC(=O)Nc2ccc(F)cc2)c1. The molecule has 1 amide bonds. The molecule has 2 rings (SSSR count). The predicted molar refractivity (Wildman–Crippen MR) is 96.6 cm³/mol. The molecule has 0 heterocycles. The Morgan fingerprint density at radius 1 is 1.00 bits per heavy atom. The highest BCUT2D eigenvalue weighted by Crippen LogP contribution is 2.20. The molecule has 0 aliphatic carbocycles. The fourth-order valence-corrected chi connectivity index (χ4v) is 2.25. The Morgan fingerprint density at radius 3 is 2.44 bits per heavy atom. The minimum Gasteiger partial charge on any atom is -0.493 e. The van der Waals surface area contributed by atoms with Crippen molar-refractivity contribution in [1.29, 1.82) is 0 Å². The summed E-state index contributed by atoms with van der Waals surface area (Å²) in [6.07, 6.45) is 4.61. The lowest BCUT2D eigenvalue weighted by Gasteiger charge is -2.10. The molecule has 0 aliphatic rings. The minimum absolute atomic E-state index is 0.128. The predicted octanol–water partition coefficient (Wildman–Crippen LogP) is 4.80. The number of nitrogens with one attached hydrogen (secondary N) is 1. The van der Waals surface area contributed by atoms with Crippen LogP contribution >= 0.6 is 0 Å². The highest BCUT2D eigenvalue weighted by atomic mass is 19.1. The van der Waals surface area contributed by atoms with Crippen molar-refractivity contribution in [2.45, 2.75) is 32.6 Å². The standard InChI is InChI=1S/C20H24FNO3/c1-2-3-4-5-13-24-18-7-6-8-19(14-18)25-15-20(23)22-17-11-9-16(21)10-12-17/h6-12,14H,2-5,13,15H2,1H3,(H,22,23). The van der Waals surface area contributed by atoms with Gasteiger partial charge in [-0.05, 0) is 42.8 Å². The van der Waals surface area contributed by atoms with Gasteiger partial charge in [-0.25, -0.2) is 4.39 Å². The molecule has 2 aromatic carbocycles. The van der Waals surface area contributed by atoms with Gasteiger partial charge in [0.2, 0.25) is 0 Å². The first-order valence-corrected chi connectivity index (χ1v) is 8.58. The zero-order valence-corrected chi connectivity index (χ0v) is 14.5. The van der Waals surface area contributed by atoms with Crippen LogP contribution in [0.1, 0.15) is 32.6 Å². The highest BCUT2D eigenvalue weighted by Gasteiger charge is 2.05. The molecule has 2 aromatic rings. The van der Waals surface area contributed by atoms with E-state index in [1.807, 2.05) is 12.1 Å². The molecule has 0 saturated heterocycles. The zero-order chi connectivity index (χ0) is 17.9. The van der Waals surface area contributed by atoms with Gasteiger partial charge in [0.25, 0.3) is 5.91 Å². The molecule has 0 unspecified atom stereocenters. The minimum atomic E-state index is -0.347. The van der Waals surface area contributed by atoms with Crippen molar-refractivity contribution in [3.8, 4) is 11.5 Å². The number of benzene rings is 2. The van der Waals surface area contributed by atoms with Gasteiger partial charge in [0.15, 0.2) is 6.61 Å². The van der Waals surface area contributed by atoms with Gasteiger partial charge in [0.1, 0.15) is 17.3 Å². The summed E-state index contributed by atoms with van der Waals surface area (Å²) in [6.45, 7) is 2.72. The van der Waals surface area contributed by atoms with Gasteiger partial charge >= 0.3 is 0 Å². The van der Waals surface area contributed by atoms with Gasteiger partial charge in [-0.15, -0.1) is 0 Å². The molecule has 1 N–H and O–H groups in total. The van der Waals surface area contributed by atoms with Crippen LogP contribution in [0.3, 0.4) is 0 Å². The van der Waals surface area contributed by atoms with Crippen LogP contribution in [-0.4, -0.2) is 19.1 Å². The Balaban J connectivity index is 1.75. The number of hydrogen-bond acceptors (Lipinski definition) is 3. The Kier molecular flexibility index (Phi) is 7.76. The lowest BCUT2D eigenvalue weighted by atomic mass is 10.2. The summed E-state index contributed by atoms with van der Waals surface area (Å²) in [4.78, 5) is 11.9. The van der Waals surface area contributed by atoms with E-state index in [4.69, 9.17) is 9.47 Å². The summed E-state index contributed by atoms with van der Waals surface area (Å²) >= 11 is 0. The number of unbranched alkanes of at least 4 members (excludes halogenated alkanes) is 3. The number of rotatable bonds is 10. The van der Waals surface area contributed by atoms with Crippen LogP contribution in [0, 0.1) is 5.82 Å². The Bertz CT molecular complexity index is 658.